The molecule has 1 aromatic rings. The molecule has 102 valence electrons. The molecule has 0 saturated carbocycles. The van der Waals surface area contributed by atoms with Crippen molar-refractivity contribution in [2.45, 2.75) is 12.5 Å². The summed E-state index contributed by atoms with van der Waals surface area (Å²) in [5.41, 5.74) is 6.58. The topological polar surface area (TPSA) is 69.4 Å². The summed E-state index contributed by atoms with van der Waals surface area (Å²) >= 11 is 0. The molecule has 0 fully saturated rings. The second-order valence-electron chi connectivity index (χ2n) is 4.35. The predicted molar refractivity (Wildman–Crippen MR) is 76.5 cm³/mol. The molecule has 0 spiro atoms. The van der Waals surface area contributed by atoms with Crippen LogP contribution in [0.2, 0.25) is 0 Å². The summed E-state index contributed by atoms with van der Waals surface area (Å²) in [6.07, 6.45) is 0.421. The Balaban J connectivity index is 0.00000289. The number of methoxy groups -OCH3 is 1. The number of carbonyl (C=O) groups excluding carboxylic acids is 1. The van der Waals surface area contributed by atoms with Crippen LogP contribution in [0.5, 0.6) is 0 Å². The monoisotopic (exact) mass is 291 g/mol. The van der Waals surface area contributed by atoms with Crippen LogP contribution in [-0.4, -0.2) is 32.5 Å². The highest BCUT2D eigenvalue weighted by atomic mass is 35.5. The van der Waals surface area contributed by atoms with Crippen molar-refractivity contribution >= 4 is 30.8 Å². The van der Waals surface area contributed by atoms with Crippen LogP contribution in [0.1, 0.15) is 5.56 Å². The molecule has 0 radical (unpaired) electrons. The molecule has 0 bridgehead atoms. The first-order chi connectivity index (χ1) is 7.84. The van der Waals surface area contributed by atoms with Gasteiger partial charge in [-0.05, 0) is 25.3 Å². The van der Waals surface area contributed by atoms with Crippen molar-refractivity contribution in [3.05, 3.63) is 29.8 Å². The molecule has 0 heterocycles. The van der Waals surface area contributed by atoms with E-state index in [9.17, 15) is 9.36 Å². The maximum atomic E-state index is 11.8. The summed E-state index contributed by atoms with van der Waals surface area (Å²) in [5.74, 6) is -0.425. The Morgan fingerprint density at radius 2 is 1.83 bits per heavy atom. The number of esters is 1. The van der Waals surface area contributed by atoms with Gasteiger partial charge in [0, 0.05) is 5.30 Å². The van der Waals surface area contributed by atoms with Gasteiger partial charge in [-0.3, -0.25) is 4.79 Å². The maximum Gasteiger partial charge on any atom is 0.322 e. The fourth-order valence-electron chi connectivity index (χ4n) is 1.48. The third kappa shape index (κ3) is 4.81. The van der Waals surface area contributed by atoms with E-state index in [1.165, 1.54) is 7.11 Å². The molecule has 6 heteroatoms. The van der Waals surface area contributed by atoms with E-state index < -0.39 is 19.2 Å². The quantitative estimate of drug-likeness (QED) is 0.672. The Hall–Kier alpha value is -0.830. The lowest BCUT2D eigenvalue weighted by atomic mass is 10.1. The number of benzene rings is 1. The first-order valence-electron chi connectivity index (χ1n) is 5.32. The molecule has 2 N–H and O–H groups in total. The Morgan fingerprint density at radius 3 is 2.22 bits per heavy atom. The second-order valence-corrected chi connectivity index (χ2v) is 7.57. The Kier molecular flexibility index (Phi) is 6.61. The smallest absolute Gasteiger partial charge is 0.322 e. The van der Waals surface area contributed by atoms with Gasteiger partial charge in [0.25, 0.3) is 0 Å². The Morgan fingerprint density at radius 1 is 1.33 bits per heavy atom. The van der Waals surface area contributed by atoms with Gasteiger partial charge in [0.2, 0.25) is 0 Å². The third-order valence-corrected chi connectivity index (χ3v) is 4.06. The SMILES string of the molecule is COC(=O)C(N)Cc1ccc(P(C)(C)=O)cc1.Cl. The summed E-state index contributed by atoms with van der Waals surface area (Å²) in [7, 11) is -0.905. The van der Waals surface area contributed by atoms with E-state index in [0.717, 1.165) is 10.9 Å². The van der Waals surface area contributed by atoms with Gasteiger partial charge in [0.15, 0.2) is 0 Å². The van der Waals surface area contributed by atoms with Crippen molar-refractivity contribution in [3.63, 3.8) is 0 Å². The lowest BCUT2D eigenvalue weighted by Crippen LogP contribution is -2.33. The van der Waals surface area contributed by atoms with Crippen molar-refractivity contribution in [2.75, 3.05) is 20.4 Å². The maximum absolute atomic E-state index is 11.8. The van der Waals surface area contributed by atoms with Crippen LogP contribution in [0.25, 0.3) is 0 Å². The van der Waals surface area contributed by atoms with Crippen LogP contribution >= 0.6 is 19.5 Å². The van der Waals surface area contributed by atoms with Crippen LogP contribution in [0.4, 0.5) is 0 Å². The summed E-state index contributed by atoms with van der Waals surface area (Å²) < 4.78 is 16.4. The standard InChI is InChI=1S/C12H18NO3P.ClH/c1-16-12(14)11(13)8-9-4-6-10(7-5-9)17(2,3)15;/h4-7,11H,8,13H2,1-3H3;1H. The number of rotatable bonds is 4. The van der Waals surface area contributed by atoms with E-state index in [4.69, 9.17) is 5.73 Å². The number of halogens is 1. The molecule has 0 amide bonds. The van der Waals surface area contributed by atoms with E-state index in [2.05, 4.69) is 4.74 Å². The van der Waals surface area contributed by atoms with Gasteiger partial charge < -0.3 is 15.0 Å². The van der Waals surface area contributed by atoms with Gasteiger partial charge in [-0.1, -0.05) is 24.3 Å². The molecule has 0 aromatic heterocycles. The zero-order chi connectivity index (χ0) is 13.1. The molecular weight excluding hydrogens is 273 g/mol. The molecule has 18 heavy (non-hydrogen) atoms. The lowest BCUT2D eigenvalue weighted by Gasteiger charge is -2.11. The van der Waals surface area contributed by atoms with Crippen molar-refractivity contribution in [1.29, 1.82) is 0 Å². The van der Waals surface area contributed by atoms with E-state index in [1.807, 2.05) is 24.3 Å². The number of nitrogens with two attached hydrogens (primary N) is 1. The minimum absolute atomic E-state index is 0. The van der Waals surface area contributed by atoms with Gasteiger partial charge in [-0.2, -0.15) is 0 Å². The van der Waals surface area contributed by atoms with E-state index in [0.29, 0.717) is 6.42 Å². The van der Waals surface area contributed by atoms with Gasteiger partial charge in [-0.25, -0.2) is 0 Å². The van der Waals surface area contributed by atoms with Crippen molar-refractivity contribution < 1.29 is 14.1 Å². The lowest BCUT2D eigenvalue weighted by molar-refractivity contribution is -0.142. The summed E-state index contributed by atoms with van der Waals surface area (Å²) in [6, 6.07) is 6.68. The van der Waals surface area contributed by atoms with Crippen LogP contribution in [0.3, 0.4) is 0 Å². The van der Waals surface area contributed by atoms with Crippen LogP contribution in [0, 0.1) is 0 Å². The van der Waals surface area contributed by atoms with Crippen molar-refractivity contribution in [2.24, 2.45) is 5.73 Å². The Bertz CT molecular complexity index is 441. The highest BCUT2D eigenvalue weighted by Gasteiger charge is 2.15. The van der Waals surface area contributed by atoms with Crippen LogP contribution in [-0.2, 0) is 20.5 Å². The van der Waals surface area contributed by atoms with Crippen LogP contribution in [0.15, 0.2) is 24.3 Å². The number of carbonyl (C=O) groups is 1. The summed E-state index contributed by atoms with van der Waals surface area (Å²) in [4.78, 5) is 11.2. The van der Waals surface area contributed by atoms with E-state index in [-0.39, 0.29) is 12.4 Å². The zero-order valence-corrected chi connectivity index (χ0v) is 12.5. The molecule has 1 aromatic carbocycles. The number of hydrogen-bond acceptors (Lipinski definition) is 4. The molecule has 1 atom stereocenters. The average molecular weight is 292 g/mol. The van der Waals surface area contributed by atoms with Crippen molar-refractivity contribution in [3.8, 4) is 0 Å². The molecule has 0 aliphatic heterocycles. The molecule has 0 aliphatic rings. The zero-order valence-electron chi connectivity index (χ0n) is 10.8. The third-order valence-electron chi connectivity index (χ3n) is 2.52. The van der Waals surface area contributed by atoms with E-state index in [1.54, 1.807) is 13.3 Å². The normalized spacial score (nSPS) is 12.4. The fraction of sp³-hybridized carbons (Fsp3) is 0.417. The highest BCUT2D eigenvalue weighted by Crippen LogP contribution is 2.34. The van der Waals surface area contributed by atoms with Crippen molar-refractivity contribution in [1.82, 2.24) is 0 Å². The highest BCUT2D eigenvalue weighted by molar-refractivity contribution is 7.70. The number of ether oxygens (including phenoxy) is 1. The molecule has 1 rings (SSSR count). The van der Waals surface area contributed by atoms with Gasteiger partial charge >= 0.3 is 5.97 Å². The van der Waals surface area contributed by atoms with Crippen LogP contribution < -0.4 is 11.0 Å². The average Bonchev–Trinajstić information content (AvgIpc) is 2.27. The predicted octanol–water partition coefficient (Wildman–Crippen LogP) is 1.40. The summed E-state index contributed by atoms with van der Waals surface area (Å²) in [6.45, 7) is 3.45. The van der Waals surface area contributed by atoms with Gasteiger partial charge in [0.05, 0.1) is 7.11 Å². The first-order valence-corrected chi connectivity index (χ1v) is 7.92. The van der Waals surface area contributed by atoms with Gasteiger partial charge in [0.1, 0.15) is 13.2 Å². The minimum atomic E-state index is -2.22. The minimum Gasteiger partial charge on any atom is -0.468 e. The molecule has 4 nitrogen and oxygen atoms in total. The van der Waals surface area contributed by atoms with Gasteiger partial charge in [-0.15, -0.1) is 12.4 Å². The Labute approximate surface area is 114 Å². The molecule has 0 aliphatic carbocycles. The first kappa shape index (κ1) is 17.2. The number of hydrogen-bond donors (Lipinski definition) is 1. The second kappa shape index (κ2) is 6.93. The van der Waals surface area contributed by atoms with E-state index >= 15 is 0 Å². The molecule has 1 unspecified atom stereocenters. The summed E-state index contributed by atoms with van der Waals surface area (Å²) in [5, 5.41) is 0.827. The largest absolute Gasteiger partial charge is 0.468 e. The molecular formula is C12H19ClNO3P. The molecule has 0 saturated heterocycles. The fourth-order valence-corrected chi connectivity index (χ4v) is 2.35.